The van der Waals surface area contributed by atoms with Crippen LogP contribution >= 0.6 is 11.3 Å². The van der Waals surface area contributed by atoms with Crippen LogP contribution < -0.4 is 5.32 Å². The number of aromatic nitrogens is 2. The van der Waals surface area contributed by atoms with Crippen molar-refractivity contribution in [1.82, 2.24) is 15.1 Å². The highest BCUT2D eigenvalue weighted by Gasteiger charge is 2.28. The van der Waals surface area contributed by atoms with Gasteiger partial charge in [0.25, 0.3) is 0 Å². The number of anilines is 1. The Hall–Kier alpha value is -2.64. The number of hydrogen-bond acceptors (Lipinski definition) is 4. The summed E-state index contributed by atoms with van der Waals surface area (Å²) in [6.07, 6.45) is 0.770. The topological polar surface area (TPSA) is 70.2 Å². The predicted octanol–water partition coefficient (Wildman–Crippen LogP) is 3.57. The lowest BCUT2D eigenvalue weighted by Gasteiger charge is -2.27. The van der Waals surface area contributed by atoms with Crippen LogP contribution in [0.3, 0.4) is 0 Å². The largest absolute Gasteiger partial charge is 0.378 e. The molecule has 0 unspecified atom stereocenters. The van der Waals surface area contributed by atoms with Crippen LogP contribution in [0.4, 0.5) is 10.5 Å². The van der Waals surface area contributed by atoms with Gasteiger partial charge in [0, 0.05) is 47.3 Å². The van der Waals surface area contributed by atoms with Crippen molar-refractivity contribution in [3.8, 4) is 22.5 Å². The second kappa shape index (κ2) is 6.26. The molecule has 2 amide bonds. The molecule has 2 N–H and O–H groups in total. The molecule has 2 aliphatic rings. The molecule has 0 saturated carbocycles. The highest BCUT2D eigenvalue weighted by Crippen LogP contribution is 2.43. The Labute approximate surface area is 154 Å². The molecule has 0 spiro atoms. The van der Waals surface area contributed by atoms with Gasteiger partial charge in [-0.2, -0.15) is 16.4 Å². The number of carbonyl (C=O) groups excluding carboxylic acids is 1. The summed E-state index contributed by atoms with van der Waals surface area (Å²) < 4.78 is 5.32. The molecule has 3 aromatic rings. The third-order valence-corrected chi connectivity index (χ3v) is 5.68. The number of thiophene rings is 1. The number of fused-ring (bicyclic) bond motifs is 3. The molecule has 1 saturated heterocycles. The minimum Gasteiger partial charge on any atom is -0.378 e. The van der Waals surface area contributed by atoms with E-state index >= 15 is 0 Å². The molecule has 0 radical (unpaired) electrons. The maximum absolute atomic E-state index is 12.6. The number of urea groups is 1. The van der Waals surface area contributed by atoms with Crippen LogP contribution in [0.15, 0.2) is 35.0 Å². The number of aromatic amines is 1. The molecule has 6 nitrogen and oxygen atoms in total. The van der Waals surface area contributed by atoms with E-state index in [2.05, 4.69) is 38.4 Å². The summed E-state index contributed by atoms with van der Waals surface area (Å²) in [6.45, 7) is 2.46. The van der Waals surface area contributed by atoms with Crippen molar-refractivity contribution < 1.29 is 9.53 Å². The van der Waals surface area contributed by atoms with Crippen LogP contribution in [-0.4, -0.2) is 47.4 Å². The third-order valence-electron chi connectivity index (χ3n) is 5.00. The quantitative estimate of drug-likeness (QED) is 0.570. The van der Waals surface area contributed by atoms with Crippen LogP contribution in [0.1, 0.15) is 11.1 Å². The minimum absolute atomic E-state index is 0.0616. The molecule has 5 rings (SSSR count). The highest BCUT2D eigenvalue weighted by molar-refractivity contribution is 7.08. The first-order chi connectivity index (χ1) is 12.8. The Bertz CT molecular complexity index is 958. The highest BCUT2D eigenvalue weighted by atomic mass is 32.1. The number of nitrogens with one attached hydrogen (secondary N) is 2. The van der Waals surface area contributed by atoms with Gasteiger partial charge in [0.05, 0.1) is 24.6 Å². The van der Waals surface area contributed by atoms with Gasteiger partial charge in [0.15, 0.2) is 0 Å². The number of rotatable bonds is 2. The number of morpholine rings is 1. The maximum Gasteiger partial charge on any atom is 0.322 e. The van der Waals surface area contributed by atoms with Crippen LogP contribution in [-0.2, 0) is 11.2 Å². The predicted molar refractivity (Wildman–Crippen MR) is 102 cm³/mol. The summed E-state index contributed by atoms with van der Waals surface area (Å²) in [5.74, 6) is 0. The van der Waals surface area contributed by atoms with Gasteiger partial charge in [0.1, 0.15) is 0 Å². The lowest BCUT2D eigenvalue weighted by molar-refractivity contribution is 0.0564. The van der Waals surface area contributed by atoms with E-state index in [1.807, 2.05) is 12.1 Å². The van der Waals surface area contributed by atoms with E-state index in [1.54, 1.807) is 16.2 Å². The number of ether oxygens (including phenoxy) is 1. The van der Waals surface area contributed by atoms with E-state index in [1.165, 1.54) is 5.56 Å². The molecule has 1 aromatic carbocycles. The molecule has 132 valence electrons. The van der Waals surface area contributed by atoms with Crippen molar-refractivity contribution in [1.29, 1.82) is 0 Å². The Morgan fingerprint density at radius 3 is 2.92 bits per heavy atom. The average molecular weight is 366 g/mol. The first-order valence-corrected chi connectivity index (χ1v) is 9.61. The smallest absolute Gasteiger partial charge is 0.322 e. The molecule has 2 aromatic heterocycles. The van der Waals surface area contributed by atoms with Gasteiger partial charge in [-0.1, -0.05) is 12.1 Å². The summed E-state index contributed by atoms with van der Waals surface area (Å²) in [6, 6.07) is 8.06. The van der Waals surface area contributed by atoms with Crippen LogP contribution in [0.2, 0.25) is 0 Å². The van der Waals surface area contributed by atoms with Gasteiger partial charge >= 0.3 is 6.03 Å². The molecule has 1 aliphatic heterocycles. The van der Waals surface area contributed by atoms with Gasteiger partial charge < -0.3 is 15.0 Å². The second-order valence-electron chi connectivity index (χ2n) is 6.48. The van der Waals surface area contributed by atoms with Gasteiger partial charge in [0.2, 0.25) is 0 Å². The van der Waals surface area contributed by atoms with E-state index in [0.29, 0.717) is 26.3 Å². The van der Waals surface area contributed by atoms with Gasteiger partial charge in [-0.05, 0) is 23.1 Å². The zero-order valence-corrected chi connectivity index (χ0v) is 14.9. The summed E-state index contributed by atoms with van der Waals surface area (Å²) >= 11 is 1.67. The van der Waals surface area contributed by atoms with Crippen molar-refractivity contribution in [3.05, 3.63) is 46.2 Å². The van der Waals surface area contributed by atoms with Crippen molar-refractivity contribution in [2.45, 2.75) is 6.42 Å². The second-order valence-corrected chi connectivity index (χ2v) is 7.26. The molecular formula is C19H18N4O2S. The van der Waals surface area contributed by atoms with Crippen LogP contribution in [0.25, 0.3) is 22.5 Å². The molecule has 26 heavy (non-hydrogen) atoms. The Balaban J connectivity index is 1.45. The minimum atomic E-state index is -0.0616. The molecule has 0 bridgehead atoms. The Morgan fingerprint density at radius 1 is 1.23 bits per heavy atom. The molecule has 7 heteroatoms. The van der Waals surface area contributed by atoms with E-state index < -0.39 is 0 Å². The van der Waals surface area contributed by atoms with Crippen LogP contribution in [0.5, 0.6) is 0 Å². The van der Waals surface area contributed by atoms with Crippen molar-refractivity contribution >= 4 is 23.1 Å². The van der Waals surface area contributed by atoms with Gasteiger partial charge in [-0.3, -0.25) is 5.10 Å². The number of H-pyrrole nitrogens is 1. The molecule has 0 atom stereocenters. The van der Waals surface area contributed by atoms with Crippen molar-refractivity contribution in [2.75, 3.05) is 31.6 Å². The molecule has 1 aliphatic carbocycles. The summed E-state index contributed by atoms with van der Waals surface area (Å²) in [5, 5.41) is 15.0. The normalized spacial score (nSPS) is 15.6. The monoisotopic (exact) mass is 366 g/mol. The lowest BCUT2D eigenvalue weighted by atomic mass is 10.1. The zero-order valence-electron chi connectivity index (χ0n) is 14.1. The SMILES string of the molecule is O=C(Nc1cccc2c1Cc1c(-c3ccsc3)n[nH]c1-2)N1CCOCC1. The first-order valence-electron chi connectivity index (χ1n) is 8.67. The van der Waals surface area contributed by atoms with Crippen LogP contribution in [0, 0.1) is 0 Å². The number of nitrogens with zero attached hydrogens (tertiary/aromatic N) is 2. The maximum atomic E-state index is 12.6. The average Bonchev–Trinajstić information content (AvgIpc) is 3.39. The fourth-order valence-electron chi connectivity index (χ4n) is 3.66. The number of carbonyl (C=O) groups is 1. The third kappa shape index (κ3) is 2.51. The van der Waals surface area contributed by atoms with E-state index in [-0.39, 0.29) is 6.03 Å². The molecule has 3 heterocycles. The molecule has 1 fully saturated rings. The first kappa shape index (κ1) is 15.6. The Morgan fingerprint density at radius 2 is 2.12 bits per heavy atom. The number of benzene rings is 1. The van der Waals surface area contributed by atoms with E-state index in [4.69, 9.17) is 4.74 Å². The summed E-state index contributed by atoms with van der Waals surface area (Å²) in [7, 11) is 0. The fraction of sp³-hybridized carbons (Fsp3) is 0.263. The standard InChI is InChI=1S/C19H18N4O2S/c24-19(23-5-7-25-8-6-23)20-16-3-1-2-13-14(16)10-15-17(21-22-18(13)15)12-4-9-26-11-12/h1-4,9,11H,5-8,10H2,(H,20,24)(H,21,22). The molecular weight excluding hydrogens is 348 g/mol. The van der Waals surface area contributed by atoms with E-state index in [9.17, 15) is 4.79 Å². The van der Waals surface area contributed by atoms with Crippen molar-refractivity contribution in [2.24, 2.45) is 0 Å². The summed E-state index contributed by atoms with van der Waals surface area (Å²) in [4.78, 5) is 14.4. The number of amides is 2. The van der Waals surface area contributed by atoms with E-state index in [0.717, 1.165) is 40.2 Å². The van der Waals surface area contributed by atoms with Crippen molar-refractivity contribution in [3.63, 3.8) is 0 Å². The van der Waals surface area contributed by atoms with Gasteiger partial charge in [-0.15, -0.1) is 0 Å². The van der Waals surface area contributed by atoms with Gasteiger partial charge in [-0.25, -0.2) is 4.79 Å². The summed E-state index contributed by atoms with van der Waals surface area (Å²) in [5.41, 5.74) is 7.54. The fourth-order valence-corrected chi connectivity index (χ4v) is 4.30. The zero-order chi connectivity index (χ0) is 17.5. The Kier molecular flexibility index (Phi) is 3.76. The number of hydrogen-bond donors (Lipinski definition) is 2. The lowest BCUT2D eigenvalue weighted by Crippen LogP contribution is -2.43.